The van der Waals surface area contributed by atoms with Crippen LogP contribution < -0.4 is 5.32 Å². The lowest BCUT2D eigenvalue weighted by atomic mass is 10.1. The first-order valence-corrected chi connectivity index (χ1v) is 5.53. The van der Waals surface area contributed by atoms with Crippen LogP contribution in [0, 0.1) is 6.92 Å². The number of hydrogen-bond donors (Lipinski definition) is 1. The van der Waals surface area contributed by atoms with Crippen LogP contribution in [0.2, 0.25) is 0 Å². The lowest BCUT2D eigenvalue weighted by Crippen LogP contribution is -2.17. The molecule has 0 saturated heterocycles. The van der Waals surface area contributed by atoms with Crippen molar-refractivity contribution in [1.29, 1.82) is 0 Å². The van der Waals surface area contributed by atoms with Crippen molar-refractivity contribution in [3.63, 3.8) is 0 Å². The molecule has 2 aromatic rings. The van der Waals surface area contributed by atoms with E-state index in [0.29, 0.717) is 0 Å². The third-order valence-electron chi connectivity index (χ3n) is 2.25. The van der Waals surface area contributed by atoms with Crippen LogP contribution in [0.5, 0.6) is 0 Å². The van der Waals surface area contributed by atoms with Gasteiger partial charge in [0, 0.05) is 22.8 Å². The maximum atomic E-state index is 4.25. The van der Waals surface area contributed by atoms with E-state index in [0.717, 1.165) is 11.3 Å². The Morgan fingerprint density at radius 2 is 2.07 bits per heavy atom. The molecule has 0 aromatic carbocycles. The first-order valence-electron chi connectivity index (χ1n) is 4.65. The molecule has 0 radical (unpaired) electrons. The molecule has 1 unspecified atom stereocenters. The summed E-state index contributed by atoms with van der Waals surface area (Å²) in [5, 5.41) is 3.25. The van der Waals surface area contributed by atoms with Gasteiger partial charge >= 0.3 is 0 Å². The van der Waals surface area contributed by atoms with E-state index in [-0.39, 0.29) is 6.04 Å². The Bertz CT molecular complexity index is 426. The number of hydrogen-bond acceptors (Lipinski definition) is 5. The zero-order chi connectivity index (χ0) is 10.7. The number of nitrogens with zero attached hydrogens (tertiary/aromatic N) is 3. The molecule has 2 heterocycles. The summed E-state index contributed by atoms with van der Waals surface area (Å²) in [5.41, 5.74) is 3.98. The molecule has 0 fully saturated rings. The quantitative estimate of drug-likeness (QED) is 0.852. The number of aryl methyl sites for hydroxylation is 1. The van der Waals surface area contributed by atoms with Crippen LogP contribution >= 0.6 is 11.3 Å². The molecule has 5 heteroatoms. The Balaban J connectivity index is 2.37. The minimum Gasteiger partial charge on any atom is -0.309 e. The molecule has 0 spiro atoms. The zero-order valence-electron chi connectivity index (χ0n) is 8.64. The summed E-state index contributed by atoms with van der Waals surface area (Å²) in [5.74, 6) is 0. The van der Waals surface area contributed by atoms with Crippen molar-refractivity contribution in [2.45, 2.75) is 13.0 Å². The van der Waals surface area contributed by atoms with Crippen LogP contribution in [0.25, 0.3) is 0 Å². The molecule has 78 valence electrons. The molecular formula is C10H12N4S. The van der Waals surface area contributed by atoms with Gasteiger partial charge in [-0.25, -0.2) is 15.0 Å². The van der Waals surface area contributed by atoms with Gasteiger partial charge in [0.2, 0.25) is 0 Å². The van der Waals surface area contributed by atoms with Crippen molar-refractivity contribution < 1.29 is 0 Å². The van der Waals surface area contributed by atoms with Crippen LogP contribution in [0.1, 0.15) is 22.2 Å². The normalized spacial score (nSPS) is 12.7. The van der Waals surface area contributed by atoms with Gasteiger partial charge in [-0.3, -0.25) is 0 Å². The van der Waals surface area contributed by atoms with E-state index in [2.05, 4.69) is 20.3 Å². The fourth-order valence-electron chi connectivity index (χ4n) is 1.50. The fraction of sp³-hybridized carbons (Fsp3) is 0.300. The highest BCUT2D eigenvalue weighted by Crippen LogP contribution is 2.26. The minimum absolute atomic E-state index is 0.138. The number of rotatable bonds is 3. The van der Waals surface area contributed by atoms with Gasteiger partial charge in [-0.05, 0) is 14.0 Å². The van der Waals surface area contributed by atoms with Gasteiger partial charge in [-0.2, -0.15) is 0 Å². The third-order valence-corrected chi connectivity index (χ3v) is 3.24. The first kappa shape index (κ1) is 10.2. The molecule has 1 N–H and O–H groups in total. The van der Waals surface area contributed by atoms with Crippen molar-refractivity contribution in [1.82, 2.24) is 20.3 Å². The van der Waals surface area contributed by atoms with Crippen molar-refractivity contribution >= 4 is 11.3 Å². The molecule has 15 heavy (non-hydrogen) atoms. The van der Waals surface area contributed by atoms with Crippen molar-refractivity contribution in [2.24, 2.45) is 0 Å². The standard InChI is InChI=1S/C10H12N4S/c1-7-10(15-6-14-7)9(11-2)8-3-12-5-13-4-8/h3-6,9,11H,1-2H3. The first-order chi connectivity index (χ1) is 7.33. The van der Waals surface area contributed by atoms with Gasteiger partial charge < -0.3 is 5.32 Å². The Hall–Kier alpha value is -1.33. The second kappa shape index (κ2) is 4.46. The van der Waals surface area contributed by atoms with E-state index in [1.54, 1.807) is 11.3 Å². The predicted molar refractivity (Wildman–Crippen MR) is 59.8 cm³/mol. The molecule has 0 aliphatic rings. The van der Waals surface area contributed by atoms with Gasteiger partial charge in [0.1, 0.15) is 6.33 Å². The molecule has 1 atom stereocenters. The van der Waals surface area contributed by atoms with Gasteiger partial charge in [-0.15, -0.1) is 11.3 Å². The lowest BCUT2D eigenvalue weighted by Gasteiger charge is -2.14. The maximum Gasteiger partial charge on any atom is 0.115 e. The molecule has 4 nitrogen and oxygen atoms in total. The van der Waals surface area contributed by atoms with E-state index >= 15 is 0 Å². The Morgan fingerprint density at radius 3 is 2.60 bits per heavy atom. The molecule has 0 amide bonds. The van der Waals surface area contributed by atoms with E-state index in [4.69, 9.17) is 0 Å². The lowest BCUT2D eigenvalue weighted by molar-refractivity contribution is 0.690. The van der Waals surface area contributed by atoms with E-state index < -0.39 is 0 Å². The van der Waals surface area contributed by atoms with Crippen molar-refractivity contribution in [2.75, 3.05) is 7.05 Å². The van der Waals surface area contributed by atoms with Gasteiger partial charge in [-0.1, -0.05) is 0 Å². The summed E-state index contributed by atoms with van der Waals surface area (Å²) >= 11 is 1.65. The van der Waals surface area contributed by atoms with Gasteiger partial charge in [0.25, 0.3) is 0 Å². The smallest absolute Gasteiger partial charge is 0.115 e. The Kier molecular flexibility index (Phi) is 3.03. The van der Waals surface area contributed by atoms with Crippen molar-refractivity contribution in [3.05, 3.63) is 40.4 Å². The van der Waals surface area contributed by atoms with Crippen LogP contribution in [0.15, 0.2) is 24.2 Å². The van der Waals surface area contributed by atoms with Crippen LogP contribution in [-0.2, 0) is 0 Å². The van der Waals surface area contributed by atoms with Crippen molar-refractivity contribution in [3.8, 4) is 0 Å². The minimum atomic E-state index is 0.138. The Morgan fingerprint density at radius 1 is 1.33 bits per heavy atom. The summed E-state index contributed by atoms with van der Waals surface area (Å²) in [4.78, 5) is 13.5. The molecule has 0 saturated carbocycles. The molecule has 0 aliphatic heterocycles. The van der Waals surface area contributed by atoms with Gasteiger partial charge in [0.05, 0.1) is 17.2 Å². The molecule has 2 rings (SSSR count). The number of aromatic nitrogens is 3. The second-order valence-electron chi connectivity index (χ2n) is 3.20. The largest absolute Gasteiger partial charge is 0.309 e. The summed E-state index contributed by atoms with van der Waals surface area (Å²) in [7, 11) is 1.93. The SMILES string of the molecule is CNC(c1cncnc1)c1scnc1C. The summed E-state index contributed by atoms with van der Waals surface area (Å²) in [6.07, 6.45) is 5.19. The van der Waals surface area contributed by atoms with Crippen LogP contribution in [-0.4, -0.2) is 22.0 Å². The number of nitrogens with one attached hydrogen (secondary N) is 1. The predicted octanol–water partition coefficient (Wildman–Crippen LogP) is 1.55. The van der Waals surface area contributed by atoms with Crippen LogP contribution in [0.4, 0.5) is 0 Å². The second-order valence-corrected chi connectivity index (χ2v) is 4.08. The monoisotopic (exact) mass is 220 g/mol. The fourth-order valence-corrected chi connectivity index (χ4v) is 2.43. The molecular weight excluding hydrogens is 208 g/mol. The van der Waals surface area contributed by atoms with E-state index in [9.17, 15) is 0 Å². The highest BCUT2D eigenvalue weighted by Gasteiger charge is 2.16. The zero-order valence-corrected chi connectivity index (χ0v) is 9.45. The summed E-state index contributed by atoms with van der Waals surface area (Å²) in [6.45, 7) is 2.01. The highest BCUT2D eigenvalue weighted by atomic mass is 32.1. The topological polar surface area (TPSA) is 50.7 Å². The maximum absolute atomic E-state index is 4.25. The average Bonchev–Trinajstić information content (AvgIpc) is 2.68. The highest BCUT2D eigenvalue weighted by molar-refractivity contribution is 7.09. The number of thiazole rings is 1. The molecule has 0 bridgehead atoms. The van der Waals surface area contributed by atoms with Crippen LogP contribution in [0.3, 0.4) is 0 Å². The van der Waals surface area contributed by atoms with E-state index in [1.165, 1.54) is 11.2 Å². The van der Waals surface area contributed by atoms with E-state index in [1.807, 2.05) is 31.9 Å². The summed E-state index contributed by atoms with van der Waals surface area (Å²) < 4.78 is 0. The molecule has 0 aliphatic carbocycles. The van der Waals surface area contributed by atoms with Gasteiger partial charge in [0.15, 0.2) is 0 Å². The third kappa shape index (κ3) is 2.03. The summed E-state index contributed by atoms with van der Waals surface area (Å²) in [6, 6.07) is 0.138. The Labute approximate surface area is 92.4 Å². The average molecular weight is 220 g/mol. The molecule has 2 aromatic heterocycles.